The zero-order valence-electron chi connectivity index (χ0n) is 11.8. The summed E-state index contributed by atoms with van der Waals surface area (Å²) in [6.07, 6.45) is 4.63. The van der Waals surface area contributed by atoms with Crippen molar-refractivity contribution in [1.82, 2.24) is 15.1 Å². The SMILES string of the molecule is CCC1CN(CC(=O)N2CCCC2)C(CC)CN1. The van der Waals surface area contributed by atoms with Crippen molar-refractivity contribution in [3.8, 4) is 0 Å². The molecule has 4 heteroatoms. The van der Waals surface area contributed by atoms with Crippen LogP contribution in [-0.4, -0.2) is 60.5 Å². The van der Waals surface area contributed by atoms with Crippen LogP contribution in [0.15, 0.2) is 0 Å². The van der Waals surface area contributed by atoms with Crippen LogP contribution in [0.2, 0.25) is 0 Å². The highest BCUT2D eigenvalue weighted by atomic mass is 16.2. The van der Waals surface area contributed by atoms with Gasteiger partial charge in [-0.1, -0.05) is 13.8 Å². The molecule has 4 nitrogen and oxygen atoms in total. The maximum Gasteiger partial charge on any atom is 0.236 e. The van der Waals surface area contributed by atoms with Crippen molar-refractivity contribution in [3.63, 3.8) is 0 Å². The second-order valence-electron chi connectivity index (χ2n) is 5.59. The van der Waals surface area contributed by atoms with E-state index in [1.807, 2.05) is 4.90 Å². The van der Waals surface area contributed by atoms with Gasteiger partial charge in [-0.25, -0.2) is 0 Å². The lowest BCUT2D eigenvalue weighted by Gasteiger charge is -2.40. The summed E-state index contributed by atoms with van der Waals surface area (Å²) in [6.45, 7) is 9.04. The van der Waals surface area contributed by atoms with Crippen LogP contribution in [0.1, 0.15) is 39.5 Å². The molecule has 18 heavy (non-hydrogen) atoms. The molecule has 0 aromatic rings. The predicted octanol–water partition coefficient (Wildman–Crippen LogP) is 1.07. The Hall–Kier alpha value is -0.610. The van der Waals surface area contributed by atoms with Crippen molar-refractivity contribution in [1.29, 1.82) is 0 Å². The standard InChI is InChI=1S/C14H27N3O/c1-3-12-10-17(13(4-2)9-15-12)11-14(18)16-7-5-6-8-16/h12-13,15H,3-11H2,1-2H3. The van der Waals surface area contributed by atoms with Gasteiger partial charge in [0.2, 0.25) is 5.91 Å². The number of carbonyl (C=O) groups excluding carboxylic acids is 1. The topological polar surface area (TPSA) is 35.6 Å². The summed E-state index contributed by atoms with van der Waals surface area (Å²) in [4.78, 5) is 16.7. The second kappa shape index (κ2) is 6.53. The lowest BCUT2D eigenvalue weighted by molar-refractivity contribution is -0.132. The monoisotopic (exact) mass is 253 g/mol. The van der Waals surface area contributed by atoms with Crippen LogP contribution in [0.4, 0.5) is 0 Å². The van der Waals surface area contributed by atoms with Crippen LogP contribution in [0.3, 0.4) is 0 Å². The average molecular weight is 253 g/mol. The molecule has 2 saturated heterocycles. The first-order chi connectivity index (χ1) is 8.74. The second-order valence-corrected chi connectivity index (χ2v) is 5.59. The molecule has 0 aliphatic carbocycles. The number of nitrogens with one attached hydrogen (secondary N) is 1. The largest absolute Gasteiger partial charge is 0.342 e. The zero-order chi connectivity index (χ0) is 13.0. The first-order valence-electron chi connectivity index (χ1n) is 7.49. The van der Waals surface area contributed by atoms with Gasteiger partial charge in [0.25, 0.3) is 0 Å². The molecule has 2 atom stereocenters. The number of piperazine rings is 1. The number of likely N-dealkylation sites (tertiary alicyclic amines) is 1. The molecule has 0 aromatic carbocycles. The number of amides is 1. The van der Waals surface area contributed by atoms with Gasteiger partial charge in [-0.15, -0.1) is 0 Å². The molecule has 2 aliphatic rings. The Bertz CT molecular complexity index is 276. The van der Waals surface area contributed by atoms with Crippen LogP contribution in [-0.2, 0) is 4.79 Å². The zero-order valence-corrected chi connectivity index (χ0v) is 11.8. The van der Waals surface area contributed by atoms with Crippen molar-refractivity contribution < 1.29 is 4.79 Å². The van der Waals surface area contributed by atoms with Crippen LogP contribution >= 0.6 is 0 Å². The van der Waals surface area contributed by atoms with Gasteiger partial charge in [-0.2, -0.15) is 0 Å². The lowest BCUT2D eigenvalue weighted by atomic mass is 10.1. The molecule has 2 rings (SSSR count). The number of rotatable bonds is 4. The Labute approximate surface area is 111 Å². The van der Waals surface area contributed by atoms with Crippen LogP contribution in [0.25, 0.3) is 0 Å². The van der Waals surface area contributed by atoms with Gasteiger partial charge >= 0.3 is 0 Å². The van der Waals surface area contributed by atoms with Crippen LogP contribution in [0, 0.1) is 0 Å². The molecule has 0 saturated carbocycles. The molecule has 0 aromatic heterocycles. The maximum atomic E-state index is 12.2. The van der Waals surface area contributed by atoms with Gasteiger partial charge < -0.3 is 10.2 Å². The minimum Gasteiger partial charge on any atom is -0.342 e. The van der Waals surface area contributed by atoms with E-state index in [2.05, 4.69) is 24.1 Å². The van der Waals surface area contributed by atoms with Crippen molar-refractivity contribution in [2.45, 2.75) is 51.6 Å². The first-order valence-corrected chi connectivity index (χ1v) is 7.49. The highest BCUT2D eigenvalue weighted by Crippen LogP contribution is 2.14. The van der Waals surface area contributed by atoms with E-state index in [0.717, 1.165) is 39.0 Å². The minimum atomic E-state index is 0.336. The maximum absolute atomic E-state index is 12.2. The molecular weight excluding hydrogens is 226 g/mol. The normalized spacial score (nSPS) is 29.8. The molecule has 0 bridgehead atoms. The Balaban J connectivity index is 1.89. The summed E-state index contributed by atoms with van der Waals surface area (Å²) in [7, 11) is 0. The van der Waals surface area contributed by atoms with E-state index in [0.29, 0.717) is 24.5 Å². The highest BCUT2D eigenvalue weighted by Gasteiger charge is 2.29. The van der Waals surface area contributed by atoms with Crippen LogP contribution in [0.5, 0.6) is 0 Å². The molecule has 2 heterocycles. The fraction of sp³-hybridized carbons (Fsp3) is 0.929. The summed E-state index contributed by atoms with van der Waals surface area (Å²) >= 11 is 0. The molecule has 0 spiro atoms. The van der Waals surface area contributed by atoms with Crippen molar-refractivity contribution in [2.24, 2.45) is 0 Å². The lowest BCUT2D eigenvalue weighted by Crippen LogP contribution is -2.58. The van der Waals surface area contributed by atoms with E-state index < -0.39 is 0 Å². The van der Waals surface area contributed by atoms with Gasteiger partial charge in [0.15, 0.2) is 0 Å². The number of carbonyl (C=O) groups is 1. The number of nitrogens with zero attached hydrogens (tertiary/aromatic N) is 2. The quantitative estimate of drug-likeness (QED) is 0.814. The van der Waals surface area contributed by atoms with Crippen molar-refractivity contribution in [3.05, 3.63) is 0 Å². The Morgan fingerprint density at radius 1 is 1.22 bits per heavy atom. The van der Waals surface area contributed by atoms with E-state index >= 15 is 0 Å². The molecule has 1 N–H and O–H groups in total. The van der Waals surface area contributed by atoms with Crippen LogP contribution < -0.4 is 5.32 Å². The third-order valence-corrected chi connectivity index (χ3v) is 4.37. The molecule has 2 aliphatic heterocycles. The van der Waals surface area contributed by atoms with Crippen molar-refractivity contribution in [2.75, 3.05) is 32.7 Å². The third-order valence-electron chi connectivity index (χ3n) is 4.37. The predicted molar refractivity (Wildman–Crippen MR) is 73.5 cm³/mol. The number of hydrogen-bond donors (Lipinski definition) is 1. The molecular formula is C14H27N3O. The minimum absolute atomic E-state index is 0.336. The van der Waals surface area contributed by atoms with E-state index in [1.54, 1.807) is 0 Å². The average Bonchev–Trinajstić information content (AvgIpc) is 2.92. The van der Waals surface area contributed by atoms with Gasteiger partial charge in [-0.05, 0) is 25.7 Å². The smallest absolute Gasteiger partial charge is 0.236 e. The van der Waals surface area contributed by atoms with E-state index in [-0.39, 0.29) is 0 Å². The van der Waals surface area contributed by atoms with Crippen molar-refractivity contribution >= 4 is 5.91 Å². The fourth-order valence-electron chi connectivity index (χ4n) is 3.04. The summed E-state index contributed by atoms with van der Waals surface area (Å²) < 4.78 is 0. The third kappa shape index (κ3) is 3.23. The molecule has 1 amide bonds. The summed E-state index contributed by atoms with van der Waals surface area (Å²) in [5.41, 5.74) is 0. The van der Waals surface area contributed by atoms with Gasteiger partial charge in [0, 0.05) is 38.3 Å². The Morgan fingerprint density at radius 2 is 1.94 bits per heavy atom. The summed E-state index contributed by atoms with van der Waals surface area (Å²) in [6, 6.07) is 1.08. The Morgan fingerprint density at radius 3 is 2.56 bits per heavy atom. The van der Waals surface area contributed by atoms with E-state index in [4.69, 9.17) is 0 Å². The molecule has 104 valence electrons. The Kier molecular flexibility index (Phi) is 5.01. The number of hydrogen-bond acceptors (Lipinski definition) is 3. The first kappa shape index (κ1) is 13.8. The van der Waals surface area contributed by atoms with E-state index in [9.17, 15) is 4.79 Å². The fourth-order valence-corrected chi connectivity index (χ4v) is 3.04. The molecule has 0 radical (unpaired) electrons. The summed E-state index contributed by atoms with van der Waals surface area (Å²) in [5.74, 6) is 0.336. The molecule has 2 fully saturated rings. The molecule has 2 unspecified atom stereocenters. The van der Waals surface area contributed by atoms with Gasteiger partial charge in [0.1, 0.15) is 0 Å². The highest BCUT2D eigenvalue weighted by molar-refractivity contribution is 5.78. The summed E-state index contributed by atoms with van der Waals surface area (Å²) in [5, 5.41) is 3.58. The van der Waals surface area contributed by atoms with Gasteiger partial charge in [-0.3, -0.25) is 9.69 Å². The van der Waals surface area contributed by atoms with Gasteiger partial charge in [0.05, 0.1) is 6.54 Å². The van der Waals surface area contributed by atoms with E-state index in [1.165, 1.54) is 12.8 Å².